The molecule has 1 heterocycles. The maximum Gasteiger partial charge on any atom is 0.329 e. The van der Waals surface area contributed by atoms with Gasteiger partial charge in [-0.05, 0) is 23.0 Å². The summed E-state index contributed by atoms with van der Waals surface area (Å²) in [5, 5.41) is 0. The first-order valence-corrected chi connectivity index (χ1v) is 13.0. The molecule has 0 N–H and O–H groups in total. The van der Waals surface area contributed by atoms with Crippen molar-refractivity contribution in [3.05, 3.63) is 71.8 Å². The molecule has 0 aromatic heterocycles. The minimum atomic E-state index is -1.14. The molecule has 1 saturated heterocycles. The van der Waals surface area contributed by atoms with Crippen LogP contribution in [0.15, 0.2) is 60.7 Å². The van der Waals surface area contributed by atoms with Crippen molar-refractivity contribution in [1.29, 1.82) is 0 Å². The van der Waals surface area contributed by atoms with Crippen molar-refractivity contribution in [2.75, 3.05) is 14.1 Å². The quantitative estimate of drug-likeness (QED) is 0.541. The van der Waals surface area contributed by atoms with E-state index in [-0.39, 0.29) is 24.7 Å². The number of esters is 2. The molecule has 1 aliphatic rings. The lowest BCUT2D eigenvalue weighted by atomic mass is 9.99. The van der Waals surface area contributed by atoms with Crippen LogP contribution in [0.4, 0.5) is 0 Å². The van der Waals surface area contributed by atoms with E-state index in [1.54, 1.807) is 27.7 Å². The first kappa shape index (κ1) is 28.9. The van der Waals surface area contributed by atoms with Gasteiger partial charge in [-0.3, -0.25) is 9.59 Å². The van der Waals surface area contributed by atoms with E-state index in [9.17, 15) is 19.2 Å². The van der Waals surface area contributed by atoms with E-state index >= 15 is 0 Å². The molecule has 3 rings (SSSR count). The summed E-state index contributed by atoms with van der Waals surface area (Å²) in [4.78, 5) is 57.1. The molecule has 2 amide bonds. The highest BCUT2D eigenvalue weighted by Gasteiger charge is 2.42. The van der Waals surface area contributed by atoms with Crippen LogP contribution in [0.5, 0.6) is 0 Å². The van der Waals surface area contributed by atoms with Gasteiger partial charge in [0.25, 0.3) is 11.8 Å². The Kier molecular flexibility index (Phi) is 9.66. The van der Waals surface area contributed by atoms with Crippen LogP contribution in [-0.2, 0) is 41.5 Å². The van der Waals surface area contributed by atoms with Gasteiger partial charge in [0.15, 0.2) is 12.2 Å². The number of rotatable bonds is 6. The van der Waals surface area contributed by atoms with E-state index in [4.69, 9.17) is 9.47 Å². The number of carbonyl (C=O) groups is 4. The first-order chi connectivity index (χ1) is 18.0. The molecule has 4 atom stereocenters. The molecule has 38 heavy (non-hydrogen) atoms. The summed E-state index contributed by atoms with van der Waals surface area (Å²) in [6.07, 6.45) is -1.90. The van der Waals surface area contributed by atoms with Gasteiger partial charge in [0.2, 0.25) is 0 Å². The Morgan fingerprint density at radius 2 is 0.921 bits per heavy atom. The maximum atomic E-state index is 13.7. The second-order valence-electron chi connectivity index (χ2n) is 10.5. The normalized spacial score (nSPS) is 23.7. The summed E-state index contributed by atoms with van der Waals surface area (Å²) in [5.74, 6) is -3.10. The third-order valence-electron chi connectivity index (χ3n) is 6.90. The van der Waals surface area contributed by atoms with Gasteiger partial charge in [0.1, 0.15) is 12.1 Å². The molecule has 1 aliphatic heterocycles. The molecule has 204 valence electrons. The van der Waals surface area contributed by atoms with E-state index in [0.717, 1.165) is 11.1 Å². The molecule has 0 aliphatic carbocycles. The molecule has 0 spiro atoms. The fraction of sp³-hybridized carbons (Fsp3) is 0.467. The van der Waals surface area contributed by atoms with Gasteiger partial charge in [-0.1, -0.05) is 88.4 Å². The first-order valence-electron chi connectivity index (χ1n) is 13.0. The van der Waals surface area contributed by atoms with Gasteiger partial charge in [-0.2, -0.15) is 0 Å². The number of cyclic esters (lactones) is 2. The van der Waals surface area contributed by atoms with Crippen molar-refractivity contribution in [2.24, 2.45) is 11.8 Å². The topological polar surface area (TPSA) is 93.2 Å². The molecule has 8 nitrogen and oxygen atoms in total. The predicted octanol–water partition coefficient (Wildman–Crippen LogP) is 3.28. The number of likely N-dealkylation sites (N-methyl/N-ethyl adjacent to an activating group) is 2. The Labute approximate surface area is 224 Å². The number of hydrogen-bond donors (Lipinski definition) is 0. The second-order valence-corrected chi connectivity index (χ2v) is 10.5. The molecular formula is C30H38N2O6. The molecule has 2 aromatic rings. The van der Waals surface area contributed by atoms with Crippen LogP contribution >= 0.6 is 0 Å². The Hall–Kier alpha value is -3.68. The van der Waals surface area contributed by atoms with E-state index in [2.05, 4.69) is 0 Å². The molecule has 1 fully saturated rings. The smallest absolute Gasteiger partial charge is 0.329 e. The van der Waals surface area contributed by atoms with Gasteiger partial charge < -0.3 is 19.3 Å². The van der Waals surface area contributed by atoms with Crippen molar-refractivity contribution < 1.29 is 28.7 Å². The van der Waals surface area contributed by atoms with Gasteiger partial charge in [-0.25, -0.2) is 9.59 Å². The Bertz CT molecular complexity index is 1030. The fourth-order valence-corrected chi connectivity index (χ4v) is 4.49. The van der Waals surface area contributed by atoms with Gasteiger partial charge >= 0.3 is 11.9 Å². The maximum absolute atomic E-state index is 13.7. The predicted molar refractivity (Wildman–Crippen MR) is 143 cm³/mol. The van der Waals surface area contributed by atoms with Gasteiger partial charge in [-0.15, -0.1) is 0 Å². The van der Waals surface area contributed by atoms with Crippen LogP contribution in [-0.4, -0.2) is 71.9 Å². The van der Waals surface area contributed by atoms with Crippen molar-refractivity contribution >= 4 is 23.8 Å². The molecule has 2 aromatic carbocycles. The van der Waals surface area contributed by atoms with Crippen LogP contribution in [0, 0.1) is 11.8 Å². The van der Waals surface area contributed by atoms with Crippen molar-refractivity contribution in [3.63, 3.8) is 0 Å². The minimum Gasteiger partial charge on any atom is -0.450 e. The lowest BCUT2D eigenvalue weighted by Crippen LogP contribution is -2.56. The average Bonchev–Trinajstić information content (AvgIpc) is 2.90. The summed E-state index contributed by atoms with van der Waals surface area (Å²) in [6, 6.07) is 16.5. The van der Waals surface area contributed by atoms with Crippen molar-refractivity contribution in [3.8, 4) is 0 Å². The number of carbonyl (C=O) groups excluding carboxylic acids is 4. The number of benzene rings is 2. The lowest BCUT2D eigenvalue weighted by molar-refractivity contribution is -0.179. The number of amides is 2. The Balaban J connectivity index is 2.06. The number of nitrogens with zero attached hydrogens (tertiary/aromatic N) is 2. The third kappa shape index (κ3) is 6.79. The zero-order valence-electron chi connectivity index (χ0n) is 23.0. The summed E-state index contributed by atoms with van der Waals surface area (Å²) in [6.45, 7) is 7.09. The van der Waals surface area contributed by atoms with Crippen LogP contribution in [0.25, 0.3) is 0 Å². The van der Waals surface area contributed by atoms with Crippen LogP contribution < -0.4 is 0 Å². The van der Waals surface area contributed by atoms with Gasteiger partial charge in [0.05, 0.1) is 0 Å². The second kappa shape index (κ2) is 12.7. The zero-order chi connectivity index (χ0) is 28.0. The van der Waals surface area contributed by atoms with Crippen LogP contribution in [0.1, 0.15) is 38.8 Å². The molecular weight excluding hydrogens is 484 g/mol. The SMILES string of the molecule is CC(C)C1OC(=O)C(Cc2ccccc2)N(C)C(=O)C(C(C)C)OC(=O)C(Cc2ccccc2)N(C)C1=O. The van der Waals surface area contributed by atoms with E-state index in [0.29, 0.717) is 0 Å². The van der Waals surface area contributed by atoms with E-state index in [1.165, 1.54) is 23.9 Å². The Morgan fingerprint density at radius 1 is 0.605 bits per heavy atom. The fourth-order valence-electron chi connectivity index (χ4n) is 4.49. The lowest BCUT2D eigenvalue weighted by Gasteiger charge is -2.37. The molecule has 4 unspecified atom stereocenters. The summed E-state index contributed by atoms with van der Waals surface area (Å²) >= 11 is 0. The standard InChI is InChI=1S/C30H38N2O6/c1-19(2)25-27(33)31(5)24(18-22-15-11-8-12-16-22)30(36)38-26(20(3)4)28(34)32(6)23(29(35)37-25)17-21-13-9-7-10-14-21/h7-16,19-20,23-26H,17-18H2,1-6H3. The number of ether oxygens (including phenoxy) is 2. The van der Waals surface area contributed by atoms with Crippen molar-refractivity contribution in [2.45, 2.75) is 64.8 Å². The average molecular weight is 523 g/mol. The largest absolute Gasteiger partial charge is 0.450 e. The highest BCUT2D eigenvalue weighted by atomic mass is 16.6. The van der Waals surface area contributed by atoms with Crippen LogP contribution in [0.3, 0.4) is 0 Å². The zero-order valence-corrected chi connectivity index (χ0v) is 23.0. The molecule has 8 heteroatoms. The monoisotopic (exact) mass is 522 g/mol. The molecule has 0 saturated carbocycles. The van der Waals surface area contributed by atoms with Crippen LogP contribution in [0.2, 0.25) is 0 Å². The molecule has 0 radical (unpaired) electrons. The van der Waals surface area contributed by atoms with Gasteiger partial charge in [0, 0.05) is 26.9 Å². The summed E-state index contributed by atoms with van der Waals surface area (Å²) < 4.78 is 11.6. The third-order valence-corrected chi connectivity index (χ3v) is 6.90. The van der Waals surface area contributed by atoms with Crippen molar-refractivity contribution in [1.82, 2.24) is 9.80 Å². The molecule has 0 bridgehead atoms. The number of hydrogen-bond acceptors (Lipinski definition) is 6. The van der Waals surface area contributed by atoms with E-state index in [1.807, 2.05) is 60.7 Å². The Morgan fingerprint density at radius 3 is 1.21 bits per heavy atom. The minimum absolute atomic E-state index is 0.187. The summed E-state index contributed by atoms with van der Waals surface area (Å²) in [5.41, 5.74) is 1.65. The summed E-state index contributed by atoms with van der Waals surface area (Å²) in [7, 11) is 3.01. The van der Waals surface area contributed by atoms with E-state index < -0.39 is 48.0 Å². The highest BCUT2D eigenvalue weighted by Crippen LogP contribution is 2.22. The highest BCUT2D eigenvalue weighted by molar-refractivity contribution is 5.93.